The van der Waals surface area contributed by atoms with Gasteiger partial charge in [0.2, 0.25) is 5.69 Å². The van der Waals surface area contributed by atoms with E-state index < -0.39 is 4.92 Å². The Kier molecular flexibility index (Phi) is 3.55. The Bertz CT molecular complexity index is 523. The van der Waals surface area contributed by atoms with E-state index in [1.54, 1.807) is 18.9 Å². The fourth-order valence-corrected chi connectivity index (χ4v) is 2.48. The maximum Gasteiger partial charge on any atom is 0.322 e. The van der Waals surface area contributed by atoms with Crippen molar-refractivity contribution in [2.24, 2.45) is 13.0 Å². The molecule has 0 spiro atoms. The van der Waals surface area contributed by atoms with E-state index in [1.807, 2.05) is 0 Å². The second-order valence-electron chi connectivity index (χ2n) is 5.16. The van der Waals surface area contributed by atoms with Crippen molar-refractivity contribution in [3.05, 3.63) is 21.5 Å². The zero-order valence-electron chi connectivity index (χ0n) is 11.4. The van der Waals surface area contributed by atoms with Gasteiger partial charge in [-0.25, -0.2) is 0 Å². The van der Waals surface area contributed by atoms with E-state index in [9.17, 15) is 14.9 Å². The summed E-state index contributed by atoms with van der Waals surface area (Å²) in [6, 6.07) is 0. The Hall–Kier alpha value is -1.92. The molecule has 7 heteroatoms. The standard InChI is InChI=1S/C12H18N4O3/c1-8-5-4-6-15(7-8)12(17)10-11(16(18)19)9(2)14(3)13-10/h8H,4-7H2,1-3H3/t8-/m0/s1. The summed E-state index contributed by atoms with van der Waals surface area (Å²) in [6.07, 6.45) is 2.03. The summed E-state index contributed by atoms with van der Waals surface area (Å²) in [5.74, 6) is 0.100. The zero-order chi connectivity index (χ0) is 14.2. The van der Waals surface area contributed by atoms with E-state index in [4.69, 9.17) is 0 Å². The molecular formula is C12H18N4O3. The summed E-state index contributed by atoms with van der Waals surface area (Å²) < 4.78 is 1.39. The Morgan fingerprint density at radius 3 is 2.79 bits per heavy atom. The minimum Gasteiger partial charge on any atom is -0.337 e. The highest BCUT2D eigenvalue weighted by molar-refractivity contribution is 5.96. The van der Waals surface area contributed by atoms with Crippen molar-refractivity contribution in [1.82, 2.24) is 14.7 Å². The van der Waals surface area contributed by atoms with Gasteiger partial charge in [0.25, 0.3) is 5.91 Å². The van der Waals surface area contributed by atoms with Gasteiger partial charge in [0, 0.05) is 20.1 Å². The van der Waals surface area contributed by atoms with Gasteiger partial charge in [-0.15, -0.1) is 0 Å². The van der Waals surface area contributed by atoms with Crippen LogP contribution >= 0.6 is 0 Å². The second-order valence-corrected chi connectivity index (χ2v) is 5.16. The fourth-order valence-electron chi connectivity index (χ4n) is 2.48. The maximum atomic E-state index is 12.4. The lowest BCUT2D eigenvalue weighted by molar-refractivity contribution is -0.385. The molecule has 19 heavy (non-hydrogen) atoms. The Morgan fingerprint density at radius 2 is 2.21 bits per heavy atom. The molecule has 1 aromatic rings. The summed E-state index contributed by atoms with van der Waals surface area (Å²) in [6.45, 7) is 4.97. The normalized spacial score (nSPS) is 19.5. The first-order chi connectivity index (χ1) is 8.91. The molecule has 0 unspecified atom stereocenters. The van der Waals surface area contributed by atoms with Crippen LogP contribution in [0.3, 0.4) is 0 Å². The van der Waals surface area contributed by atoms with Gasteiger partial charge in [0.15, 0.2) is 0 Å². The number of aromatic nitrogens is 2. The highest BCUT2D eigenvalue weighted by atomic mass is 16.6. The minimum absolute atomic E-state index is 0.0425. The lowest BCUT2D eigenvalue weighted by Gasteiger charge is -2.30. The molecule has 0 N–H and O–H groups in total. The van der Waals surface area contributed by atoms with Crippen LogP contribution < -0.4 is 0 Å². The van der Waals surface area contributed by atoms with E-state index in [0.29, 0.717) is 24.7 Å². The molecule has 1 fully saturated rings. The van der Waals surface area contributed by atoms with E-state index in [2.05, 4.69) is 12.0 Å². The molecule has 7 nitrogen and oxygen atoms in total. The van der Waals surface area contributed by atoms with E-state index >= 15 is 0 Å². The topological polar surface area (TPSA) is 81.3 Å². The molecule has 1 atom stereocenters. The first-order valence-electron chi connectivity index (χ1n) is 6.39. The zero-order valence-corrected chi connectivity index (χ0v) is 11.4. The van der Waals surface area contributed by atoms with Crippen LogP contribution in [0.2, 0.25) is 0 Å². The molecule has 2 heterocycles. The van der Waals surface area contributed by atoms with Crippen LogP contribution in [0.25, 0.3) is 0 Å². The average molecular weight is 266 g/mol. The first-order valence-corrected chi connectivity index (χ1v) is 6.39. The third-order valence-corrected chi connectivity index (χ3v) is 3.63. The number of nitro groups is 1. The van der Waals surface area contributed by atoms with Crippen molar-refractivity contribution in [1.29, 1.82) is 0 Å². The number of hydrogen-bond acceptors (Lipinski definition) is 4. The van der Waals surface area contributed by atoms with Crippen molar-refractivity contribution in [3.8, 4) is 0 Å². The lowest BCUT2D eigenvalue weighted by atomic mass is 10.00. The van der Waals surface area contributed by atoms with Gasteiger partial charge in [-0.2, -0.15) is 5.10 Å². The van der Waals surface area contributed by atoms with Gasteiger partial charge in [-0.1, -0.05) is 6.92 Å². The number of hydrogen-bond donors (Lipinski definition) is 0. The Labute approximate surface area is 111 Å². The number of amides is 1. The molecule has 1 amide bonds. The molecule has 1 aliphatic heterocycles. The SMILES string of the molecule is Cc1c([N+](=O)[O-])c(C(=O)N2CCC[C@H](C)C2)nn1C. The molecule has 0 bridgehead atoms. The largest absolute Gasteiger partial charge is 0.337 e. The smallest absolute Gasteiger partial charge is 0.322 e. The van der Waals surface area contributed by atoms with Crippen molar-refractivity contribution in [2.45, 2.75) is 26.7 Å². The number of carbonyl (C=O) groups excluding carboxylic acids is 1. The summed E-state index contributed by atoms with van der Waals surface area (Å²) in [5, 5.41) is 15.1. The Balaban J connectivity index is 2.33. The van der Waals surface area contributed by atoms with E-state index in [0.717, 1.165) is 12.8 Å². The number of rotatable bonds is 2. The predicted octanol–water partition coefficient (Wildman–Crippen LogP) is 1.51. The molecule has 1 aromatic heterocycles. The van der Waals surface area contributed by atoms with E-state index in [1.165, 1.54) is 4.68 Å². The monoisotopic (exact) mass is 266 g/mol. The number of aryl methyl sites for hydroxylation is 1. The first kappa shape index (κ1) is 13.5. The third-order valence-electron chi connectivity index (χ3n) is 3.63. The van der Waals surface area contributed by atoms with Gasteiger partial charge in [-0.3, -0.25) is 19.6 Å². The highest BCUT2D eigenvalue weighted by Crippen LogP contribution is 2.25. The molecule has 0 saturated carbocycles. The molecule has 0 aliphatic carbocycles. The summed E-state index contributed by atoms with van der Waals surface area (Å²) >= 11 is 0. The number of nitrogens with zero attached hydrogens (tertiary/aromatic N) is 4. The van der Waals surface area contributed by atoms with Crippen LogP contribution in [0.15, 0.2) is 0 Å². The molecular weight excluding hydrogens is 248 g/mol. The lowest BCUT2D eigenvalue weighted by Crippen LogP contribution is -2.39. The average Bonchev–Trinajstić information content (AvgIpc) is 2.65. The highest BCUT2D eigenvalue weighted by Gasteiger charge is 2.33. The van der Waals surface area contributed by atoms with Crippen LogP contribution in [0.1, 0.15) is 35.9 Å². The van der Waals surface area contributed by atoms with Gasteiger partial charge in [-0.05, 0) is 25.7 Å². The maximum absolute atomic E-state index is 12.4. The summed E-state index contributed by atoms with van der Waals surface area (Å²) in [4.78, 5) is 24.6. The minimum atomic E-state index is -0.525. The van der Waals surface area contributed by atoms with Crippen LogP contribution in [0.4, 0.5) is 5.69 Å². The molecule has 0 radical (unpaired) electrons. The quantitative estimate of drug-likeness (QED) is 0.600. The predicted molar refractivity (Wildman–Crippen MR) is 68.9 cm³/mol. The summed E-state index contributed by atoms with van der Waals surface area (Å²) in [7, 11) is 1.61. The van der Waals surface area contributed by atoms with Crippen molar-refractivity contribution >= 4 is 11.6 Å². The van der Waals surface area contributed by atoms with E-state index in [-0.39, 0.29) is 17.3 Å². The Morgan fingerprint density at radius 1 is 1.53 bits per heavy atom. The van der Waals surface area contributed by atoms with Gasteiger partial charge < -0.3 is 4.90 Å². The van der Waals surface area contributed by atoms with Gasteiger partial charge in [0.1, 0.15) is 5.69 Å². The molecule has 0 aromatic carbocycles. The second kappa shape index (κ2) is 4.99. The van der Waals surface area contributed by atoms with Crippen molar-refractivity contribution in [2.75, 3.05) is 13.1 Å². The van der Waals surface area contributed by atoms with Crippen LogP contribution in [-0.4, -0.2) is 38.6 Å². The fraction of sp³-hybridized carbons (Fsp3) is 0.667. The molecule has 1 saturated heterocycles. The molecule has 1 aliphatic rings. The number of carbonyl (C=O) groups is 1. The van der Waals surface area contributed by atoms with Crippen LogP contribution in [0, 0.1) is 23.0 Å². The molecule has 104 valence electrons. The number of likely N-dealkylation sites (tertiary alicyclic amines) is 1. The third kappa shape index (κ3) is 2.45. The van der Waals surface area contributed by atoms with Crippen molar-refractivity contribution < 1.29 is 9.72 Å². The van der Waals surface area contributed by atoms with Crippen molar-refractivity contribution in [3.63, 3.8) is 0 Å². The molecule has 2 rings (SSSR count). The number of piperidine rings is 1. The van der Waals surface area contributed by atoms with Crippen LogP contribution in [-0.2, 0) is 7.05 Å². The summed E-state index contributed by atoms with van der Waals surface area (Å²) in [5.41, 5.74) is 0.184. The van der Waals surface area contributed by atoms with Gasteiger partial charge in [0.05, 0.1) is 4.92 Å². The van der Waals surface area contributed by atoms with Crippen LogP contribution in [0.5, 0.6) is 0 Å². The van der Waals surface area contributed by atoms with Gasteiger partial charge >= 0.3 is 5.69 Å².